The Balaban J connectivity index is 1.13. The summed E-state index contributed by atoms with van der Waals surface area (Å²) in [4.78, 5) is 4.92. The van der Waals surface area contributed by atoms with Gasteiger partial charge in [-0.1, -0.05) is 166 Å². The lowest BCUT2D eigenvalue weighted by Gasteiger charge is -2.42. The van der Waals surface area contributed by atoms with Crippen molar-refractivity contribution in [2.75, 3.05) is 0 Å². The van der Waals surface area contributed by atoms with Crippen molar-refractivity contribution in [1.29, 1.82) is 0 Å². The van der Waals surface area contributed by atoms with Crippen LogP contribution in [0.1, 0.15) is 143 Å². The molecule has 422 valence electrons. The molecule has 0 atom stereocenters. The van der Waals surface area contributed by atoms with Gasteiger partial charge in [0.2, 0.25) is 0 Å². The molecule has 0 saturated heterocycles. The number of fused-ring (bicyclic) bond motifs is 11. The minimum atomic E-state index is -2.92. The molecule has 2 aliphatic rings. The fourth-order valence-electron chi connectivity index (χ4n) is 13.4. The number of ether oxygens (including phenoxy) is 1. The minimum absolute atomic E-state index is 0.0923. The zero-order valence-electron chi connectivity index (χ0n) is 61.9. The van der Waals surface area contributed by atoms with Gasteiger partial charge in [-0.3, -0.25) is 13.7 Å². The number of aryl methyl sites for hydroxylation is 4. The first-order valence-electron chi connectivity index (χ1n) is 35.5. The maximum absolute atomic E-state index is 9.30. The molecule has 9 aromatic carbocycles. The third-order valence-electron chi connectivity index (χ3n) is 18.2. The summed E-state index contributed by atoms with van der Waals surface area (Å²) in [7, 11) is 0. The average molecular weight is 1120 g/mol. The lowest BCUT2D eigenvalue weighted by atomic mass is 9.62. The van der Waals surface area contributed by atoms with Crippen LogP contribution in [-0.4, -0.2) is 14.1 Å². The molecule has 4 heterocycles. The van der Waals surface area contributed by atoms with Gasteiger partial charge in [0.15, 0.2) is 0 Å². The van der Waals surface area contributed by atoms with Crippen molar-refractivity contribution in [1.82, 2.24) is 14.1 Å². The van der Waals surface area contributed by atoms with E-state index in [2.05, 4.69) is 147 Å². The summed E-state index contributed by atoms with van der Waals surface area (Å²) in [6.07, 6.45) is 7.48. The predicted molar refractivity (Wildman–Crippen MR) is 355 cm³/mol. The van der Waals surface area contributed by atoms with E-state index in [9.17, 15) is 8.22 Å². The number of hydrogen-bond acceptors (Lipinski definition) is 2. The molecule has 1 aliphatic heterocycles. The van der Waals surface area contributed by atoms with E-state index >= 15 is 0 Å². The Morgan fingerprint density at radius 2 is 1.08 bits per heavy atom. The van der Waals surface area contributed by atoms with E-state index in [0.717, 1.165) is 85.0 Å². The first kappa shape index (κ1) is 42.1. The zero-order valence-corrected chi connectivity index (χ0v) is 49.9. The maximum atomic E-state index is 9.30. The summed E-state index contributed by atoms with van der Waals surface area (Å²) in [5.41, 5.74) is 10.8. The van der Waals surface area contributed by atoms with E-state index < -0.39 is 32.8 Å². The van der Waals surface area contributed by atoms with Crippen LogP contribution in [0.3, 0.4) is 0 Å². The Labute approximate surface area is 519 Å². The van der Waals surface area contributed by atoms with E-state index in [1.807, 2.05) is 82.1 Å². The lowest BCUT2D eigenvalue weighted by Crippen LogP contribution is -2.34. The van der Waals surface area contributed by atoms with E-state index in [0.29, 0.717) is 45.0 Å². The van der Waals surface area contributed by atoms with Crippen LogP contribution in [0.2, 0.25) is 0 Å². The van der Waals surface area contributed by atoms with Crippen LogP contribution in [0, 0.1) is 33.7 Å². The van der Waals surface area contributed by atoms with Gasteiger partial charge in [0.05, 0.1) is 33.4 Å². The molecule has 0 bridgehead atoms. The topological polar surface area (TPSA) is 35.9 Å². The molecule has 5 nitrogen and oxygen atoms in total. The second-order valence-electron chi connectivity index (χ2n) is 26.8. The molecular formula is C80H76N4O. The van der Waals surface area contributed by atoms with Crippen LogP contribution in [0.5, 0.6) is 11.5 Å². The monoisotopic (exact) mass is 1120 g/mol. The Kier molecular flexibility index (Phi) is 9.59. The third kappa shape index (κ3) is 8.86. The highest BCUT2D eigenvalue weighted by Gasteiger charge is 2.39. The molecule has 0 fully saturated rings. The van der Waals surface area contributed by atoms with Crippen LogP contribution in [0.15, 0.2) is 182 Å². The van der Waals surface area contributed by atoms with Crippen molar-refractivity contribution < 1.29 is 25.8 Å². The number of para-hydroxylation sites is 1. The van der Waals surface area contributed by atoms with Crippen molar-refractivity contribution in [2.45, 2.75) is 131 Å². The number of hydrogen-bond donors (Lipinski definition) is 0. The third-order valence-corrected chi connectivity index (χ3v) is 18.2. The molecule has 3 aromatic heterocycles. The molecule has 5 heteroatoms. The van der Waals surface area contributed by atoms with Gasteiger partial charge >= 0.3 is 0 Å². The van der Waals surface area contributed by atoms with E-state index in [1.54, 1.807) is 6.07 Å². The summed E-state index contributed by atoms with van der Waals surface area (Å²) >= 11 is 0. The summed E-state index contributed by atoms with van der Waals surface area (Å²) in [5.74, 6) is 1.87. The molecule has 0 unspecified atom stereocenters. The van der Waals surface area contributed by atoms with Gasteiger partial charge in [-0.25, -0.2) is 4.98 Å². The van der Waals surface area contributed by atoms with Gasteiger partial charge in [0.25, 0.3) is 6.33 Å². The number of aromatic nitrogens is 4. The highest BCUT2D eigenvalue weighted by molar-refractivity contribution is 6.10. The van der Waals surface area contributed by atoms with Gasteiger partial charge in [-0.2, -0.15) is 0 Å². The normalized spacial score (nSPS) is 17.0. The summed E-state index contributed by atoms with van der Waals surface area (Å²) in [5, 5.41) is 2.11. The Morgan fingerprint density at radius 3 is 1.75 bits per heavy atom. The average Bonchev–Trinajstić information content (AvgIpc) is 1.67. The second kappa shape index (κ2) is 19.4. The second-order valence-corrected chi connectivity index (χ2v) is 26.8. The molecule has 0 spiro atoms. The van der Waals surface area contributed by atoms with Crippen molar-refractivity contribution in [3.8, 4) is 84.3 Å². The molecule has 0 radical (unpaired) electrons. The Bertz CT molecular complexity index is 5170. The van der Waals surface area contributed by atoms with Gasteiger partial charge < -0.3 is 4.74 Å². The quantitative estimate of drug-likeness (QED) is 0.123. The Hall–Kier alpha value is -8.80. The molecule has 0 N–H and O–H groups in total. The standard InChI is InChI=1S/C80H76N4O/c1-48-22-19-23-49(2)73(48)52-38-64-63-46-68-67(79(11,12)35-36-80(68,13)14)45-62(63)58-28-15-16-29-59(58)65-40-54(78(8,9)10)41-71-76(65)83(75(64)66(39-52)74-50(3)24-20-25-51(74)4)47-82(71)55-26-21-27-56(43-55)85-57-32-33-61-60-30-17-18-31-69(60)84(70(61)44-57)72-42-53(34-37-81-72)77(5,6)7/h15-34,37-46H,35-36H2,1-14H3/i1D3,2D3,3D3,4D3. The molecule has 12 aromatic rings. The lowest BCUT2D eigenvalue weighted by molar-refractivity contribution is -0.570. The SMILES string of the molecule is [2H]C([2H])([2H])c1cccc(C([2H])([2H])[2H])c1-c1cc2c(c(-c3c(C([2H])([2H])[2H])cccc3C([2H])([2H])[2H])c1)-[n+]1[c-]n(-c3cccc(Oc4ccc5c6ccccc6n(-c6cc(C(C)(C)C)ccn6)c5c4)c3)c3cc(C(C)(C)C)cc(c31)-c1ccccc1-c1cc3c(cc1-2)C(C)(C)CCC3(C)C. The van der Waals surface area contributed by atoms with Crippen molar-refractivity contribution in [3.05, 3.63) is 233 Å². The van der Waals surface area contributed by atoms with E-state index in [4.69, 9.17) is 17.9 Å². The number of nitrogens with zero attached hydrogens (tertiary/aromatic N) is 4. The number of benzene rings is 9. The summed E-state index contributed by atoms with van der Waals surface area (Å²) < 4.78 is 123. The number of rotatable bonds is 6. The van der Waals surface area contributed by atoms with Crippen molar-refractivity contribution in [3.63, 3.8) is 0 Å². The summed E-state index contributed by atoms with van der Waals surface area (Å²) in [6, 6.07) is 55.5. The van der Waals surface area contributed by atoms with Gasteiger partial charge in [-0.05, 0) is 235 Å². The molecule has 0 amide bonds. The first-order valence-corrected chi connectivity index (χ1v) is 29.5. The highest BCUT2D eigenvalue weighted by Crippen LogP contribution is 2.54. The van der Waals surface area contributed by atoms with Crippen LogP contribution in [0.4, 0.5) is 0 Å². The van der Waals surface area contributed by atoms with Crippen LogP contribution >= 0.6 is 0 Å². The smallest absolute Gasteiger partial charge is 0.269 e. The van der Waals surface area contributed by atoms with Crippen molar-refractivity contribution in [2.24, 2.45) is 0 Å². The number of imidazole rings is 1. The predicted octanol–water partition coefficient (Wildman–Crippen LogP) is 20.8. The van der Waals surface area contributed by atoms with Gasteiger partial charge in [0, 0.05) is 39.5 Å². The van der Waals surface area contributed by atoms with Crippen LogP contribution in [-0.2, 0) is 21.7 Å². The van der Waals surface area contributed by atoms with Crippen LogP contribution in [0.25, 0.3) is 106 Å². The van der Waals surface area contributed by atoms with E-state index in [1.165, 1.54) is 36.4 Å². The maximum Gasteiger partial charge on any atom is 0.269 e. The largest absolute Gasteiger partial charge is 0.458 e. The molecular weight excluding hydrogens is 1030 g/mol. The fourth-order valence-corrected chi connectivity index (χ4v) is 13.4. The molecule has 14 rings (SSSR count). The fraction of sp³-hybridized carbons (Fsp3) is 0.250. The first-order chi connectivity index (χ1) is 45.4. The summed E-state index contributed by atoms with van der Waals surface area (Å²) in [6.45, 7) is 10.5. The molecule has 85 heavy (non-hydrogen) atoms. The minimum Gasteiger partial charge on any atom is -0.458 e. The van der Waals surface area contributed by atoms with Crippen molar-refractivity contribution >= 4 is 32.8 Å². The highest BCUT2D eigenvalue weighted by atomic mass is 16.5. The zero-order chi connectivity index (χ0) is 69.2. The molecule has 1 aliphatic carbocycles. The number of pyridine rings is 1. The van der Waals surface area contributed by atoms with Crippen LogP contribution < -0.4 is 9.30 Å². The van der Waals surface area contributed by atoms with Gasteiger partial charge in [-0.15, -0.1) is 0 Å². The Morgan fingerprint density at radius 1 is 0.494 bits per heavy atom. The molecule has 0 saturated carbocycles. The van der Waals surface area contributed by atoms with Gasteiger partial charge in [0.1, 0.15) is 17.3 Å². The van der Waals surface area contributed by atoms with E-state index in [-0.39, 0.29) is 60.8 Å².